The van der Waals surface area contributed by atoms with E-state index in [2.05, 4.69) is 4.98 Å². The summed E-state index contributed by atoms with van der Waals surface area (Å²) in [5.74, 6) is -1.54. The number of carbonyl (C=O) groups is 2. The third-order valence-electron chi connectivity index (χ3n) is 2.64. The Hall–Kier alpha value is -1.24. The molecule has 1 aromatic rings. The topological polar surface area (TPSA) is 91.5 Å². The van der Waals surface area contributed by atoms with Gasteiger partial charge in [-0.05, 0) is 6.92 Å². The zero-order chi connectivity index (χ0) is 15.0. The van der Waals surface area contributed by atoms with Gasteiger partial charge in [0.15, 0.2) is 10.8 Å². The molecule has 1 aliphatic heterocycles. The molecule has 2 atom stereocenters. The average molecular weight is 340 g/mol. The van der Waals surface area contributed by atoms with Crippen LogP contribution in [0.4, 0.5) is 5.69 Å². The standard InChI is InChI=1S/C11H9Cl3N2O4/c1-3-2-4(10(17)19-3)20-11(18)8-5(12)7(15)6(13)9(14)16-8/h3-4H,2H2,1H3,(H2,15,16)/t3-,4+/m1/s1. The molecule has 1 aliphatic rings. The molecule has 6 nitrogen and oxygen atoms in total. The van der Waals surface area contributed by atoms with Gasteiger partial charge in [-0.15, -0.1) is 0 Å². The van der Waals surface area contributed by atoms with Crippen LogP contribution in [0.5, 0.6) is 0 Å². The Morgan fingerprint density at radius 3 is 2.60 bits per heavy atom. The molecule has 0 aromatic carbocycles. The minimum absolute atomic E-state index is 0.0536. The molecule has 2 rings (SSSR count). The second-order valence-electron chi connectivity index (χ2n) is 4.17. The van der Waals surface area contributed by atoms with Crippen molar-refractivity contribution in [2.75, 3.05) is 5.73 Å². The van der Waals surface area contributed by atoms with Crippen LogP contribution < -0.4 is 5.73 Å². The van der Waals surface area contributed by atoms with E-state index in [0.717, 1.165) is 0 Å². The van der Waals surface area contributed by atoms with Gasteiger partial charge in [0.2, 0.25) is 6.10 Å². The van der Waals surface area contributed by atoms with Crippen molar-refractivity contribution in [1.82, 2.24) is 4.98 Å². The molecular weight excluding hydrogens is 330 g/mol. The van der Waals surface area contributed by atoms with Crippen molar-refractivity contribution in [1.29, 1.82) is 0 Å². The number of anilines is 1. The van der Waals surface area contributed by atoms with Crippen LogP contribution >= 0.6 is 34.8 Å². The molecule has 2 N–H and O–H groups in total. The van der Waals surface area contributed by atoms with Gasteiger partial charge in [0.05, 0.1) is 10.7 Å². The van der Waals surface area contributed by atoms with Crippen LogP contribution in [0.25, 0.3) is 0 Å². The summed E-state index contributed by atoms with van der Waals surface area (Å²) in [5.41, 5.74) is 5.21. The van der Waals surface area contributed by atoms with E-state index < -0.39 is 18.0 Å². The maximum absolute atomic E-state index is 12.0. The van der Waals surface area contributed by atoms with Gasteiger partial charge in [-0.25, -0.2) is 14.6 Å². The normalized spacial score (nSPS) is 21.7. The second-order valence-corrected chi connectivity index (χ2v) is 5.28. The summed E-state index contributed by atoms with van der Waals surface area (Å²) in [6.07, 6.45) is -1.05. The van der Waals surface area contributed by atoms with Gasteiger partial charge in [-0.1, -0.05) is 34.8 Å². The highest BCUT2D eigenvalue weighted by atomic mass is 35.5. The lowest BCUT2D eigenvalue weighted by atomic mass is 10.2. The lowest BCUT2D eigenvalue weighted by Gasteiger charge is -2.11. The molecule has 0 spiro atoms. The van der Waals surface area contributed by atoms with Crippen LogP contribution in [0.15, 0.2) is 0 Å². The SMILES string of the molecule is C[C@@H]1C[C@H](OC(=O)c2nc(Cl)c(Cl)c(N)c2Cl)C(=O)O1. The number of nitrogen functional groups attached to an aromatic ring is 1. The zero-order valence-corrected chi connectivity index (χ0v) is 12.4. The van der Waals surface area contributed by atoms with Crippen molar-refractivity contribution in [3.8, 4) is 0 Å². The maximum atomic E-state index is 12.0. The van der Waals surface area contributed by atoms with Crippen molar-refractivity contribution in [3.63, 3.8) is 0 Å². The smallest absolute Gasteiger partial charge is 0.359 e. The summed E-state index contributed by atoms with van der Waals surface area (Å²) < 4.78 is 9.86. The second kappa shape index (κ2) is 5.63. The van der Waals surface area contributed by atoms with Crippen LogP contribution in [0.2, 0.25) is 15.2 Å². The lowest BCUT2D eigenvalue weighted by Crippen LogP contribution is -2.23. The molecule has 1 fully saturated rings. The van der Waals surface area contributed by atoms with Crippen LogP contribution in [0.1, 0.15) is 23.8 Å². The molecule has 0 bridgehead atoms. The molecule has 0 radical (unpaired) electrons. The Labute approximate surface area is 129 Å². The van der Waals surface area contributed by atoms with Gasteiger partial charge in [-0.3, -0.25) is 0 Å². The number of pyridine rings is 1. The van der Waals surface area contributed by atoms with E-state index in [0.29, 0.717) is 0 Å². The van der Waals surface area contributed by atoms with E-state index in [-0.39, 0.29) is 39.1 Å². The van der Waals surface area contributed by atoms with Crippen molar-refractivity contribution >= 4 is 52.4 Å². The first-order valence-electron chi connectivity index (χ1n) is 5.52. The molecule has 0 amide bonds. The molecule has 0 unspecified atom stereocenters. The van der Waals surface area contributed by atoms with E-state index in [1.807, 2.05) is 0 Å². The molecule has 20 heavy (non-hydrogen) atoms. The van der Waals surface area contributed by atoms with E-state index in [1.165, 1.54) is 0 Å². The molecule has 9 heteroatoms. The Kier molecular flexibility index (Phi) is 4.27. The maximum Gasteiger partial charge on any atom is 0.359 e. The Balaban J connectivity index is 2.24. The Bertz CT molecular complexity index is 594. The van der Waals surface area contributed by atoms with Crippen LogP contribution in [0, 0.1) is 0 Å². The first kappa shape index (κ1) is 15.2. The van der Waals surface area contributed by atoms with Gasteiger partial charge >= 0.3 is 11.9 Å². The minimum atomic E-state index is -0.994. The summed E-state index contributed by atoms with van der Waals surface area (Å²) in [7, 11) is 0. The third-order valence-corrected chi connectivity index (χ3v) is 3.78. The average Bonchev–Trinajstić information content (AvgIpc) is 2.69. The summed E-state index contributed by atoms with van der Waals surface area (Å²) in [6, 6.07) is 0. The van der Waals surface area contributed by atoms with Crippen LogP contribution in [-0.2, 0) is 14.3 Å². The molecule has 1 saturated heterocycles. The number of aromatic nitrogens is 1. The number of hydrogen-bond donors (Lipinski definition) is 1. The number of halogens is 3. The van der Waals surface area contributed by atoms with E-state index in [1.54, 1.807) is 6.92 Å². The van der Waals surface area contributed by atoms with E-state index in [4.69, 9.17) is 50.0 Å². The number of carbonyl (C=O) groups excluding carboxylic acids is 2. The lowest BCUT2D eigenvalue weighted by molar-refractivity contribution is -0.147. The number of esters is 2. The van der Waals surface area contributed by atoms with E-state index >= 15 is 0 Å². The summed E-state index contributed by atoms with van der Waals surface area (Å²) >= 11 is 17.3. The van der Waals surface area contributed by atoms with Crippen molar-refractivity contribution in [3.05, 3.63) is 20.9 Å². The number of nitrogens with zero attached hydrogens (tertiary/aromatic N) is 1. The third kappa shape index (κ3) is 2.77. The van der Waals surface area contributed by atoms with Crippen LogP contribution in [0.3, 0.4) is 0 Å². The van der Waals surface area contributed by atoms with Gasteiger partial charge < -0.3 is 15.2 Å². The fourth-order valence-electron chi connectivity index (χ4n) is 1.67. The highest BCUT2D eigenvalue weighted by Gasteiger charge is 2.36. The molecule has 0 saturated carbocycles. The van der Waals surface area contributed by atoms with Crippen molar-refractivity contribution < 1.29 is 19.1 Å². The Morgan fingerprint density at radius 1 is 1.40 bits per heavy atom. The quantitative estimate of drug-likeness (QED) is 0.657. The van der Waals surface area contributed by atoms with Gasteiger partial charge in [0.1, 0.15) is 11.1 Å². The van der Waals surface area contributed by atoms with Crippen molar-refractivity contribution in [2.24, 2.45) is 0 Å². The number of rotatable bonds is 2. The number of hydrogen-bond acceptors (Lipinski definition) is 6. The fourth-order valence-corrected chi connectivity index (χ4v) is 2.25. The summed E-state index contributed by atoms with van der Waals surface area (Å²) in [4.78, 5) is 27.1. The first-order chi connectivity index (χ1) is 9.31. The van der Waals surface area contributed by atoms with Gasteiger partial charge in [0.25, 0.3) is 0 Å². The predicted molar refractivity (Wildman–Crippen MR) is 73.1 cm³/mol. The number of ether oxygens (including phenoxy) is 2. The zero-order valence-electron chi connectivity index (χ0n) is 10.2. The summed E-state index contributed by atoms with van der Waals surface area (Å²) in [6.45, 7) is 1.69. The van der Waals surface area contributed by atoms with Crippen molar-refractivity contribution in [2.45, 2.75) is 25.6 Å². The minimum Gasteiger partial charge on any atom is -0.460 e. The molecular formula is C11H9Cl3N2O4. The number of nitrogens with two attached hydrogens (primary N) is 1. The summed E-state index contributed by atoms with van der Waals surface area (Å²) in [5, 5.41) is -0.409. The fraction of sp³-hybridized carbons (Fsp3) is 0.364. The highest BCUT2D eigenvalue weighted by molar-refractivity contribution is 6.46. The molecule has 2 heterocycles. The molecule has 1 aromatic heterocycles. The monoisotopic (exact) mass is 338 g/mol. The predicted octanol–water partition coefficient (Wildman–Crippen LogP) is 2.48. The highest BCUT2D eigenvalue weighted by Crippen LogP contribution is 2.34. The van der Waals surface area contributed by atoms with Crippen LogP contribution in [-0.4, -0.2) is 29.1 Å². The van der Waals surface area contributed by atoms with Gasteiger partial charge in [-0.2, -0.15) is 0 Å². The Morgan fingerprint density at radius 2 is 2.05 bits per heavy atom. The molecule has 0 aliphatic carbocycles. The molecule has 108 valence electrons. The number of cyclic esters (lactones) is 1. The van der Waals surface area contributed by atoms with Gasteiger partial charge in [0, 0.05) is 6.42 Å². The largest absolute Gasteiger partial charge is 0.460 e. The first-order valence-corrected chi connectivity index (χ1v) is 6.66. The van der Waals surface area contributed by atoms with E-state index in [9.17, 15) is 9.59 Å².